The zero-order valence-corrected chi connectivity index (χ0v) is 12.1. The number of rotatable bonds is 4. The molecule has 0 aliphatic rings. The Morgan fingerprint density at radius 2 is 2.37 bits per heavy atom. The van der Waals surface area contributed by atoms with Crippen LogP contribution in [-0.4, -0.2) is 21.6 Å². The minimum absolute atomic E-state index is 0.736. The van der Waals surface area contributed by atoms with Gasteiger partial charge in [0.05, 0.1) is 23.2 Å². The monoisotopic (exact) mass is 291 g/mol. The summed E-state index contributed by atoms with van der Waals surface area (Å²) in [5.41, 5.74) is 2.10. The van der Waals surface area contributed by atoms with Crippen molar-refractivity contribution in [3.05, 3.63) is 39.6 Å². The summed E-state index contributed by atoms with van der Waals surface area (Å²) in [5.74, 6) is 0.829. The van der Waals surface area contributed by atoms with Crippen molar-refractivity contribution < 1.29 is 4.74 Å². The van der Waals surface area contributed by atoms with Gasteiger partial charge in [0.15, 0.2) is 4.77 Å². The number of nitrogens with one attached hydrogen (secondary N) is 1. The van der Waals surface area contributed by atoms with E-state index in [9.17, 15) is 0 Å². The lowest BCUT2D eigenvalue weighted by Crippen LogP contribution is -2.01. The van der Waals surface area contributed by atoms with Crippen LogP contribution in [0.5, 0.6) is 5.75 Å². The van der Waals surface area contributed by atoms with Crippen molar-refractivity contribution in [3.63, 3.8) is 0 Å². The van der Waals surface area contributed by atoms with E-state index in [2.05, 4.69) is 14.5 Å². The second-order valence-corrected chi connectivity index (χ2v) is 5.51. The van der Waals surface area contributed by atoms with Crippen molar-refractivity contribution in [1.29, 1.82) is 0 Å². The molecule has 0 spiro atoms. The lowest BCUT2D eigenvalue weighted by Gasteiger charge is -2.03. The molecule has 19 heavy (non-hydrogen) atoms. The average molecular weight is 291 g/mol. The Morgan fingerprint density at radius 3 is 3.11 bits per heavy atom. The molecule has 98 valence electrons. The van der Waals surface area contributed by atoms with Crippen molar-refractivity contribution in [2.24, 2.45) is 0 Å². The zero-order valence-electron chi connectivity index (χ0n) is 10.4. The maximum absolute atomic E-state index is 5.38. The molecule has 0 saturated heterocycles. The number of aryl methyl sites for hydroxylation is 2. The Balaban J connectivity index is 1.94. The van der Waals surface area contributed by atoms with Crippen molar-refractivity contribution >= 4 is 34.6 Å². The van der Waals surface area contributed by atoms with Crippen LogP contribution in [0.3, 0.4) is 0 Å². The minimum Gasteiger partial charge on any atom is -0.497 e. The molecule has 0 aliphatic heterocycles. The number of imidazole rings is 1. The molecule has 1 N–H and O–H groups in total. The first kappa shape index (κ1) is 12.4. The first-order valence-electron chi connectivity index (χ1n) is 5.93. The maximum atomic E-state index is 5.38. The van der Waals surface area contributed by atoms with Crippen LogP contribution in [0.4, 0.5) is 0 Å². The van der Waals surface area contributed by atoms with Gasteiger partial charge >= 0.3 is 0 Å². The van der Waals surface area contributed by atoms with Gasteiger partial charge in [0.2, 0.25) is 0 Å². The summed E-state index contributed by atoms with van der Waals surface area (Å²) in [7, 11) is 1.66. The summed E-state index contributed by atoms with van der Waals surface area (Å²) in [4.78, 5) is 7.51. The quantitative estimate of drug-likeness (QED) is 0.749. The Hall–Kier alpha value is -1.66. The first-order chi connectivity index (χ1) is 9.28. The lowest BCUT2D eigenvalue weighted by atomic mass is 10.3. The van der Waals surface area contributed by atoms with Crippen molar-refractivity contribution in [2.45, 2.75) is 13.0 Å². The summed E-state index contributed by atoms with van der Waals surface area (Å²) < 4.78 is 8.06. The van der Waals surface area contributed by atoms with Crippen molar-refractivity contribution in [2.75, 3.05) is 7.11 Å². The molecule has 3 aromatic rings. The number of nitrogens with zero attached hydrogens (tertiary/aromatic N) is 2. The number of ether oxygens (including phenoxy) is 1. The summed E-state index contributed by atoms with van der Waals surface area (Å²) in [5, 5.41) is 3.12. The Morgan fingerprint density at radius 1 is 1.47 bits per heavy atom. The van der Waals surface area contributed by atoms with Gasteiger partial charge in [0.25, 0.3) is 0 Å². The number of thiazole rings is 1. The fraction of sp³-hybridized carbons (Fsp3) is 0.231. The molecular formula is C13H13N3OS2. The van der Waals surface area contributed by atoms with Crippen LogP contribution in [0.2, 0.25) is 0 Å². The van der Waals surface area contributed by atoms with Gasteiger partial charge in [-0.2, -0.15) is 0 Å². The molecule has 0 radical (unpaired) electrons. The van der Waals surface area contributed by atoms with Crippen LogP contribution >= 0.6 is 23.6 Å². The third kappa shape index (κ3) is 2.41. The van der Waals surface area contributed by atoms with E-state index in [0.29, 0.717) is 0 Å². The number of aromatic amines is 1. The minimum atomic E-state index is 0.736. The Bertz CT molecular complexity index is 743. The van der Waals surface area contributed by atoms with E-state index in [1.807, 2.05) is 29.8 Å². The van der Waals surface area contributed by atoms with Gasteiger partial charge < -0.3 is 14.3 Å². The van der Waals surface area contributed by atoms with E-state index in [1.165, 1.54) is 0 Å². The van der Waals surface area contributed by atoms with E-state index in [4.69, 9.17) is 17.0 Å². The summed E-state index contributed by atoms with van der Waals surface area (Å²) in [6.45, 7) is 0.832. The van der Waals surface area contributed by atoms with Gasteiger partial charge in [0.1, 0.15) is 5.75 Å². The van der Waals surface area contributed by atoms with Gasteiger partial charge in [-0.3, -0.25) is 0 Å². The molecule has 1 aromatic carbocycles. The maximum Gasteiger partial charge on any atom is 0.178 e. The van der Waals surface area contributed by atoms with Gasteiger partial charge in [-0.25, -0.2) is 4.98 Å². The Kier molecular flexibility index (Phi) is 3.35. The number of hydrogen-bond donors (Lipinski definition) is 1. The molecule has 0 aliphatic carbocycles. The molecule has 2 heterocycles. The van der Waals surface area contributed by atoms with Gasteiger partial charge in [-0.05, 0) is 24.4 Å². The van der Waals surface area contributed by atoms with E-state index in [-0.39, 0.29) is 0 Å². The number of fused-ring (bicyclic) bond motifs is 1. The lowest BCUT2D eigenvalue weighted by molar-refractivity contribution is 0.415. The third-order valence-corrected chi connectivity index (χ3v) is 4.18. The second kappa shape index (κ2) is 5.14. The van der Waals surface area contributed by atoms with Crippen LogP contribution in [0.1, 0.15) is 5.01 Å². The molecule has 0 amide bonds. The fourth-order valence-corrected chi connectivity index (χ4v) is 2.98. The summed E-state index contributed by atoms with van der Waals surface area (Å²) in [6.07, 6.45) is 2.73. The average Bonchev–Trinajstić information content (AvgIpc) is 3.02. The van der Waals surface area contributed by atoms with E-state index in [1.54, 1.807) is 18.4 Å². The van der Waals surface area contributed by atoms with Crippen LogP contribution in [-0.2, 0) is 13.0 Å². The predicted octanol–water partition coefficient (Wildman–Crippen LogP) is 3.41. The van der Waals surface area contributed by atoms with E-state index in [0.717, 1.165) is 39.5 Å². The van der Waals surface area contributed by atoms with Crippen LogP contribution in [0.25, 0.3) is 11.0 Å². The third-order valence-electron chi connectivity index (χ3n) is 3.01. The van der Waals surface area contributed by atoms with Gasteiger partial charge in [0, 0.05) is 30.6 Å². The largest absolute Gasteiger partial charge is 0.497 e. The van der Waals surface area contributed by atoms with Gasteiger partial charge in [-0.1, -0.05) is 0 Å². The standard InChI is InChI=1S/C13H13N3OS2/c1-17-9-2-3-11-10(8-9)15-13(18)16(11)6-4-12-14-5-7-19-12/h2-3,5,7-8H,4,6H2,1H3,(H,15,18). The van der Waals surface area contributed by atoms with E-state index < -0.39 is 0 Å². The van der Waals surface area contributed by atoms with Crippen LogP contribution in [0.15, 0.2) is 29.8 Å². The highest BCUT2D eigenvalue weighted by atomic mass is 32.1. The first-order valence-corrected chi connectivity index (χ1v) is 7.21. The number of aromatic nitrogens is 3. The second-order valence-electron chi connectivity index (χ2n) is 4.14. The molecule has 0 bridgehead atoms. The Labute approximate surface area is 119 Å². The molecule has 0 unspecified atom stereocenters. The van der Waals surface area contributed by atoms with E-state index >= 15 is 0 Å². The predicted molar refractivity (Wildman–Crippen MR) is 79.5 cm³/mol. The number of H-pyrrole nitrogens is 1. The number of hydrogen-bond acceptors (Lipinski definition) is 4. The molecule has 0 saturated carbocycles. The normalized spacial score (nSPS) is 11.0. The zero-order chi connectivity index (χ0) is 13.2. The highest BCUT2D eigenvalue weighted by Gasteiger charge is 2.06. The SMILES string of the molecule is COc1ccc2c(c1)[nH]c(=S)n2CCc1nccs1. The van der Waals surface area contributed by atoms with Crippen LogP contribution in [0, 0.1) is 4.77 Å². The smallest absolute Gasteiger partial charge is 0.178 e. The molecule has 6 heteroatoms. The van der Waals surface area contributed by atoms with Crippen molar-refractivity contribution in [3.8, 4) is 5.75 Å². The molecule has 4 nitrogen and oxygen atoms in total. The molecule has 3 rings (SSSR count). The molecule has 2 aromatic heterocycles. The fourth-order valence-electron chi connectivity index (χ4n) is 2.08. The van der Waals surface area contributed by atoms with Gasteiger partial charge in [-0.15, -0.1) is 11.3 Å². The van der Waals surface area contributed by atoms with Crippen molar-refractivity contribution in [1.82, 2.24) is 14.5 Å². The summed E-state index contributed by atoms with van der Waals surface area (Å²) >= 11 is 7.05. The summed E-state index contributed by atoms with van der Waals surface area (Å²) in [6, 6.07) is 5.94. The number of methoxy groups -OCH3 is 1. The highest BCUT2D eigenvalue weighted by Crippen LogP contribution is 2.21. The highest BCUT2D eigenvalue weighted by molar-refractivity contribution is 7.71. The topological polar surface area (TPSA) is 42.8 Å². The molecule has 0 atom stereocenters. The molecule has 0 fully saturated rings. The number of benzene rings is 1. The van der Waals surface area contributed by atoms with Crippen LogP contribution < -0.4 is 4.74 Å². The molecular weight excluding hydrogens is 278 g/mol.